The quantitative estimate of drug-likeness (QED) is 0.656. The molecule has 1 aliphatic heterocycles. The molecule has 1 aliphatic rings. The maximum Gasteiger partial charge on any atom is 0.308 e. The molecule has 3 rings (SSSR count). The van der Waals surface area contributed by atoms with Gasteiger partial charge in [0.2, 0.25) is 0 Å². The van der Waals surface area contributed by atoms with Gasteiger partial charge >= 0.3 is 4.87 Å². The zero-order valence-electron chi connectivity index (χ0n) is 16.7. The number of rotatable bonds is 7. The van der Waals surface area contributed by atoms with E-state index in [-0.39, 0.29) is 4.87 Å². The van der Waals surface area contributed by atoms with Crippen LogP contribution in [0, 0.1) is 5.92 Å². The van der Waals surface area contributed by atoms with Gasteiger partial charge in [0.15, 0.2) is 0 Å². The second kappa shape index (κ2) is 9.18. The zero-order chi connectivity index (χ0) is 18.5. The average Bonchev–Trinajstić information content (AvgIpc) is 2.75. The van der Waals surface area contributed by atoms with Crippen molar-refractivity contribution in [2.24, 2.45) is 5.92 Å². The molecule has 1 aromatic carbocycles. The molecule has 0 bridgehead atoms. The van der Waals surface area contributed by atoms with Crippen LogP contribution in [0.4, 0.5) is 0 Å². The van der Waals surface area contributed by atoms with Gasteiger partial charge in [-0.25, -0.2) is 0 Å². The topological polar surface area (TPSA) is 25.2 Å². The van der Waals surface area contributed by atoms with Crippen LogP contribution in [0.25, 0.3) is 10.2 Å². The first-order valence-corrected chi connectivity index (χ1v) is 11.3. The summed E-state index contributed by atoms with van der Waals surface area (Å²) in [7, 11) is 0. The van der Waals surface area contributed by atoms with Gasteiger partial charge in [-0.1, -0.05) is 57.4 Å². The first-order chi connectivity index (χ1) is 12.6. The van der Waals surface area contributed by atoms with E-state index >= 15 is 0 Å². The van der Waals surface area contributed by atoms with Crippen LogP contribution in [0.1, 0.15) is 64.9 Å². The lowest BCUT2D eigenvalue weighted by atomic mass is 9.99. The average molecular weight is 375 g/mol. The molecule has 0 radical (unpaired) electrons. The molecule has 1 fully saturated rings. The molecule has 1 saturated heterocycles. The van der Waals surface area contributed by atoms with E-state index in [0.29, 0.717) is 6.04 Å². The van der Waals surface area contributed by atoms with E-state index in [2.05, 4.69) is 43.9 Å². The fourth-order valence-electron chi connectivity index (χ4n) is 4.34. The minimum absolute atomic E-state index is 0.198. The van der Waals surface area contributed by atoms with Crippen molar-refractivity contribution in [2.45, 2.75) is 78.3 Å². The van der Waals surface area contributed by atoms with Gasteiger partial charge in [0.05, 0.1) is 10.2 Å². The Bertz CT molecular complexity index is 761. The van der Waals surface area contributed by atoms with Crippen LogP contribution in [0.5, 0.6) is 0 Å². The lowest BCUT2D eigenvalue weighted by Gasteiger charge is -2.31. The Labute approximate surface area is 162 Å². The molecule has 2 aromatic rings. The summed E-state index contributed by atoms with van der Waals surface area (Å²) in [6, 6.07) is 7.26. The maximum atomic E-state index is 12.6. The van der Waals surface area contributed by atoms with Crippen LogP contribution in [0.15, 0.2) is 23.0 Å². The third-order valence-corrected chi connectivity index (χ3v) is 6.57. The van der Waals surface area contributed by atoms with E-state index in [1.54, 1.807) is 0 Å². The van der Waals surface area contributed by atoms with Crippen LogP contribution in [0.2, 0.25) is 0 Å². The van der Waals surface area contributed by atoms with Crippen LogP contribution in [-0.2, 0) is 13.0 Å². The van der Waals surface area contributed by atoms with Crippen LogP contribution < -0.4 is 4.87 Å². The molecular weight excluding hydrogens is 340 g/mol. The number of thiazole rings is 1. The Kier molecular flexibility index (Phi) is 6.93. The van der Waals surface area contributed by atoms with Crippen molar-refractivity contribution in [3.63, 3.8) is 0 Å². The highest BCUT2D eigenvalue weighted by molar-refractivity contribution is 7.16. The summed E-state index contributed by atoms with van der Waals surface area (Å²) in [6.45, 7) is 9.86. The van der Waals surface area contributed by atoms with Gasteiger partial charge in [-0.3, -0.25) is 14.3 Å². The van der Waals surface area contributed by atoms with Crippen molar-refractivity contribution >= 4 is 21.6 Å². The standard InChI is InChI=1S/C22H34N2OS/c1-4-8-18-10-11-20-21(16-18)26-22(25)24(20)14-13-23-12-7-5-6-9-19(23)15-17(2)3/h10-11,16-17,19H,4-9,12-15H2,1-3H3. The molecule has 1 atom stereocenters. The van der Waals surface area contributed by atoms with Gasteiger partial charge in [-0.05, 0) is 55.8 Å². The Morgan fingerprint density at radius 2 is 2.04 bits per heavy atom. The zero-order valence-corrected chi connectivity index (χ0v) is 17.5. The van der Waals surface area contributed by atoms with E-state index in [1.807, 2.05) is 4.57 Å². The fraction of sp³-hybridized carbons (Fsp3) is 0.682. The van der Waals surface area contributed by atoms with Crippen LogP contribution >= 0.6 is 11.3 Å². The monoisotopic (exact) mass is 374 g/mol. The Morgan fingerprint density at radius 3 is 2.81 bits per heavy atom. The summed E-state index contributed by atoms with van der Waals surface area (Å²) in [4.78, 5) is 15.4. The third kappa shape index (κ3) is 4.77. The van der Waals surface area contributed by atoms with Crippen molar-refractivity contribution < 1.29 is 0 Å². The molecule has 1 unspecified atom stereocenters. The molecule has 0 aliphatic carbocycles. The number of hydrogen-bond acceptors (Lipinski definition) is 3. The predicted octanol–water partition coefficient (Wildman–Crippen LogP) is 5.31. The van der Waals surface area contributed by atoms with Crippen LogP contribution in [-0.4, -0.2) is 28.6 Å². The largest absolute Gasteiger partial charge is 0.308 e. The summed E-state index contributed by atoms with van der Waals surface area (Å²) < 4.78 is 3.16. The van der Waals surface area contributed by atoms with E-state index in [9.17, 15) is 4.79 Å². The fourth-order valence-corrected chi connectivity index (χ4v) is 5.32. The predicted molar refractivity (Wildman–Crippen MR) is 113 cm³/mol. The molecule has 26 heavy (non-hydrogen) atoms. The van der Waals surface area contributed by atoms with E-state index < -0.39 is 0 Å². The first-order valence-electron chi connectivity index (χ1n) is 10.4. The van der Waals surface area contributed by atoms with E-state index in [4.69, 9.17) is 0 Å². The third-order valence-electron chi connectivity index (χ3n) is 5.62. The number of nitrogens with zero attached hydrogens (tertiary/aromatic N) is 2. The molecule has 0 spiro atoms. The highest BCUT2D eigenvalue weighted by Crippen LogP contribution is 2.23. The molecule has 0 N–H and O–H groups in total. The summed E-state index contributed by atoms with van der Waals surface area (Å²) in [5.41, 5.74) is 2.47. The summed E-state index contributed by atoms with van der Waals surface area (Å²) in [5, 5.41) is 0. The van der Waals surface area contributed by atoms with E-state index in [0.717, 1.165) is 42.1 Å². The number of benzene rings is 1. The van der Waals surface area contributed by atoms with Gasteiger partial charge in [0, 0.05) is 19.1 Å². The molecule has 1 aromatic heterocycles. The highest BCUT2D eigenvalue weighted by atomic mass is 32.1. The van der Waals surface area contributed by atoms with Crippen molar-refractivity contribution in [1.82, 2.24) is 9.47 Å². The molecule has 2 heterocycles. The maximum absolute atomic E-state index is 12.6. The molecule has 4 heteroatoms. The van der Waals surface area contributed by atoms with Gasteiger partial charge < -0.3 is 0 Å². The lowest BCUT2D eigenvalue weighted by Crippen LogP contribution is -2.38. The number of likely N-dealkylation sites (tertiary alicyclic amines) is 1. The summed E-state index contributed by atoms with van der Waals surface area (Å²) in [6.07, 6.45) is 8.84. The van der Waals surface area contributed by atoms with E-state index in [1.165, 1.54) is 55.5 Å². The molecular formula is C22H34N2OS. The normalized spacial score (nSPS) is 19.3. The summed E-state index contributed by atoms with van der Waals surface area (Å²) in [5.74, 6) is 0.738. The second-order valence-corrected chi connectivity index (χ2v) is 9.23. The minimum atomic E-state index is 0.198. The van der Waals surface area contributed by atoms with Crippen molar-refractivity contribution in [3.8, 4) is 0 Å². The number of aromatic nitrogens is 1. The molecule has 3 nitrogen and oxygen atoms in total. The smallest absolute Gasteiger partial charge is 0.299 e. The van der Waals surface area contributed by atoms with Gasteiger partial charge in [-0.15, -0.1) is 0 Å². The molecule has 144 valence electrons. The van der Waals surface area contributed by atoms with Gasteiger partial charge in [-0.2, -0.15) is 0 Å². The Balaban J connectivity index is 1.75. The molecule has 0 saturated carbocycles. The number of hydrogen-bond donors (Lipinski definition) is 0. The minimum Gasteiger partial charge on any atom is -0.299 e. The Morgan fingerprint density at radius 1 is 1.19 bits per heavy atom. The van der Waals surface area contributed by atoms with Gasteiger partial charge in [0.25, 0.3) is 0 Å². The highest BCUT2D eigenvalue weighted by Gasteiger charge is 2.22. The number of aryl methyl sites for hydroxylation is 1. The second-order valence-electron chi connectivity index (χ2n) is 8.24. The summed E-state index contributed by atoms with van der Waals surface area (Å²) >= 11 is 1.41. The SMILES string of the molecule is CCCc1ccc2c(c1)sc(=O)n2CCN1CCCCCC1CC(C)C. The number of fused-ring (bicyclic) bond motifs is 1. The molecule has 0 amide bonds. The van der Waals surface area contributed by atoms with Crippen molar-refractivity contribution in [1.29, 1.82) is 0 Å². The first kappa shape index (κ1) is 19.6. The Hall–Kier alpha value is -1.13. The van der Waals surface area contributed by atoms with Crippen molar-refractivity contribution in [2.75, 3.05) is 13.1 Å². The van der Waals surface area contributed by atoms with Crippen molar-refractivity contribution in [3.05, 3.63) is 33.4 Å². The van der Waals surface area contributed by atoms with Crippen LogP contribution in [0.3, 0.4) is 0 Å². The van der Waals surface area contributed by atoms with Gasteiger partial charge in [0.1, 0.15) is 0 Å². The lowest BCUT2D eigenvalue weighted by molar-refractivity contribution is 0.170.